The SMILES string of the molecule is N#CC1C(=O)NC(c2ccccc2)C(C#N)(C(N)=O)C1c1ccccc1. The van der Waals surface area contributed by atoms with Crippen molar-refractivity contribution in [2.75, 3.05) is 0 Å². The summed E-state index contributed by atoms with van der Waals surface area (Å²) >= 11 is 0. The summed E-state index contributed by atoms with van der Waals surface area (Å²) in [5.41, 5.74) is 5.05. The Kier molecular flexibility index (Phi) is 4.43. The summed E-state index contributed by atoms with van der Waals surface area (Å²) in [5.74, 6) is -3.58. The van der Waals surface area contributed by atoms with Gasteiger partial charge in [0, 0.05) is 5.92 Å². The normalized spacial score (nSPS) is 27.6. The highest BCUT2D eigenvalue weighted by molar-refractivity contribution is 5.93. The third-order valence-corrected chi connectivity index (χ3v) is 4.87. The number of nitrogens with one attached hydrogen (secondary N) is 1. The molecule has 0 radical (unpaired) electrons. The molecule has 0 aromatic heterocycles. The van der Waals surface area contributed by atoms with Crippen LogP contribution in [0.25, 0.3) is 0 Å². The molecule has 2 aromatic carbocycles. The molecule has 1 saturated heterocycles. The number of carbonyl (C=O) groups is 2. The van der Waals surface area contributed by atoms with E-state index in [0.717, 1.165) is 0 Å². The summed E-state index contributed by atoms with van der Waals surface area (Å²) in [6, 6.07) is 20.4. The van der Waals surface area contributed by atoms with Crippen LogP contribution in [0.1, 0.15) is 23.1 Å². The van der Waals surface area contributed by atoms with E-state index in [1.54, 1.807) is 60.7 Å². The van der Waals surface area contributed by atoms with Crippen molar-refractivity contribution in [1.82, 2.24) is 5.32 Å². The standard InChI is InChI=1S/C20H16N4O2/c21-11-15-16(13-7-3-1-4-8-13)20(12-22,19(23)26)17(24-18(15)25)14-9-5-2-6-10-14/h1-10,15-17H,(H2,23,26)(H,24,25). The van der Waals surface area contributed by atoms with Crippen LogP contribution in [0, 0.1) is 34.0 Å². The molecule has 128 valence electrons. The van der Waals surface area contributed by atoms with Gasteiger partial charge >= 0.3 is 0 Å². The fourth-order valence-electron chi connectivity index (χ4n) is 3.67. The Bertz CT molecular complexity index is 914. The van der Waals surface area contributed by atoms with Gasteiger partial charge in [-0.05, 0) is 11.1 Å². The molecule has 0 aliphatic carbocycles. The monoisotopic (exact) mass is 344 g/mol. The molecule has 6 heteroatoms. The largest absolute Gasteiger partial charge is 0.368 e. The minimum absolute atomic E-state index is 0.526. The highest BCUT2D eigenvalue weighted by atomic mass is 16.2. The van der Waals surface area contributed by atoms with E-state index in [9.17, 15) is 20.1 Å². The van der Waals surface area contributed by atoms with Gasteiger partial charge in [0.2, 0.25) is 11.8 Å². The average molecular weight is 344 g/mol. The van der Waals surface area contributed by atoms with Crippen LogP contribution in [0.2, 0.25) is 0 Å². The fraction of sp³-hybridized carbons (Fsp3) is 0.200. The number of carbonyl (C=O) groups excluding carboxylic acids is 2. The van der Waals surface area contributed by atoms with Crippen LogP contribution in [0.5, 0.6) is 0 Å². The van der Waals surface area contributed by atoms with Gasteiger partial charge in [0.15, 0.2) is 5.41 Å². The number of rotatable bonds is 3. The van der Waals surface area contributed by atoms with Gasteiger partial charge in [-0.3, -0.25) is 9.59 Å². The lowest BCUT2D eigenvalue weighted by atomic mass is 9.59. The lowest BCUT2D eigenvalue weighted by molar-refractivity contribution is -0.137. The number of nitrogens with two attached hydrogens (primary N) is 1. The first-order chi connectivity index (χ1) is 12.6. The smallest absolute Gasteiger partial charge is 0.241 e. The van der Waals surface area contributed by atoms with Crippen molar-refractivity contribution >= 4 is 11.8 Å². The summed E-state index contributed by atoms with van der Waals surface area (Å²) in [6.45, 7) is 0. The van der Waals surface area contributed by atoms with E-state index in [2.05, 4.69) is 11.4 Å². The second-order valence-corrected chi connectivity index (χ2v) is 6.19. The molecule has 1 fully saturated rings. The molecule has 26 heavy (non-hydrogen) atoms. The summed E-state index contributed by atoms with van der Waals surface area (Å²) in [5, 5.41) is 22.3. The molecule has 3 rings (SSSR count). The number of amides is 2. The van der Waals surface area contributed by atoms with E-state index >= 15 is 0 Å². The Hall–Kier alpha value is -3.64. The van der Waals surface area contributed by atoms with E-state index in [1.807, 2.05) is 6.07 Å². The zero-order chi connectivity index (χ0) is 18.7. The first-order valence-corrected chi connectivity index (χ1v) is 8.07. The first-order valence-electron chi connectivity index (χ1n) is 8.07. The molecule has 3 N–H and O–H groups in total. The number of hydrogen-bond donors (Lipinski definition) is 2. The van der Waals surface area contributed by atoms with Crippen molar-refractivity contribution in [3.63, 3.8) is 0 Å². The predicted molar refractivity (Wildman–Crippen MR) is 92.9 cm³/mol. The van der Waals surface area contributed by atoms with Gasteiger partial charge < -0.3 is 11.1 Å². The lowest BCUT2D eigenvalue weighted by Crippen LogP contribution is -2.59. The van der Waals surface area contributed by atoms with Gasteiger partial charge in [0.1, 0.15) is 5.92 Å². The Morgan fingerprint density at radius 1 is 1.00 bits per heavy atom. The van der Waals surface area contributed by atoms with E-state index in [-0.39, 0.29) is 0 Å². The Labute approximate surface area is 150 Å². The zero-order valence-electron chi connectivity index (χ0n) is 13.8. The van der Waals surface area contributed by atoms with Crippen molar-refractivity contribution < 1.29 is 9.59 Å². The van der Waals surface area contributed by atoms with Gasteiger partial charge in [-0.15, -0.1) is 0 Å². The molecule has 0 bridgehead atoms. The second kappa shape index (κ2) is 6.70. The highest BCUT2D eigenvalue weighted by Gasteiger charge is 2.60. The number of piperidine rings is 1. The van der Waals surface area contributed by atoms with E-state index in [4.69, 9.17) is 5.73 Å². The number of primary amides is 1. The van der Waals surface area contributed by atoms with Crippen LogP contribution >= 0.6 is 0 Å². The topological polar surface area (TPSA) is 120 Å². The van der Waals surface area contributed by atoms with Crippen molar-refractivity contribution in [2.24, 2.45) is 17.1 Å². The minimum atomic E-state index is -1.79. The zero-order valence-corrected chi connectivity index (χ0v) is 13.8. The maximum absolute atomic E-state index is 12.6. The average Bonchev–Trinajstić information content (AvgIpc) is 2.68. The highest BCUT2D eigenvalue weighted by Crippen LogP contribution is 2.52. The number of benzene rings is 2. The van der Waals surface area contributed by atoms with Crippen molar-refractivity contribution in [2.45, 2.75) is 12.0 Å². The third-order valence-electron chi connectivity index (χ3n) is 4.87. The third kappa shape index (κ3) is 2.49. The van der Waals surface area contributed by atoms with E-state index in [1.165, 1.54) is 0 Å². The van der Waals surface area contributed by atoms with Crippen LogP contribution in [0.15, 0.2) is 60.7 Å². The number of nitriles is 2. The van der Waals surface area contributed by atoms with Gasteiger partial charge in [0.05, 0.1) is 18.2 Å². The Morgan fingerprint density at radius 2 is 1.54 bits per heavy atom. The molecule has 4 unspecified atom stereocenters. The fourth-order valence-corrected chi connectivity index (χ4v) is 3.67. The molecule has 2 aromatic rings. The lowest BCUT2D eigenvalue weighted by Gasteiger charge is -2.45. The van der Waals surface area contributed by atoms with Gasteiger partial charge in [-0.1, -0.05) is 60.7 Å². The molecule has 1 heterocycles. The molecule has 1 aliphatic rings. The van der Waals surface area contributed by atoms with Gasteiger partial charge in [-0.25, -0.2) is 0 Å². The van der Waals surface area contributed by atoms with Crippen molar-refractivity contribution in [3.05, 3.63) is 71.8 Å². The van der Waals surface area contributed by atoms with Crippen LogP contribution in [-0.2, 0) is 9.59 Å². The van der Waals surface area contributed by atoms with E-state index < -0.39 is 35.1 Å². The molecule has 0 saturated carbocycles. The summed E-state index contributed by atoms with van der Waals surface area (Å²) in [6.07, 6.45) is 0. The molecule has 0 spiro atoms. The molecule has 1 aliphatic heterocycles. The van der Waals surface area contributed by atoms with Crippen LogP contribution in [0.4, 0.5) is 0 Å². The van der Waals surface area contributed by atoms with Gasteiger partial charge in [-0.2, -0.15) is 10.5 Å². The van der Waals surface area contributed by atoms with Crippen LogP contribution in [0.3, 0.4) is 0 Å². The Balaban J connectivity index is 2.29. The maximum Gasteiger partial charge on any atom is 0.241 e. The van der Waals surface area contributed by atoms with Crippen LogP contribution < -0.4 is 11.1 Å². The molecule has 6 nitrogen and oxygen atoms in total. The Morgan fingerprint density at radius 3 is 2.00 bits per heavy atom. The second-order valence-electron chi connectivity index (χ2n) is 6.19. The molecule has 4 atom stereocenters. The molecular formula is C20H16N4O2. The summed E-state index contributed by atoms with van der Waals surface area (Å²) < 4.78 is 0. The summed E-state index contributed by atoms with van der Waals surface area (Å²) in [4.78, 5) is 25.2. The van der Waals surface area contributed by atoms with Gasteiger partial charge in [0.25, 0.3) is 0 Å². The maximum atomic E-state index is 12.6. The predicted octanol–water partition coefficient (Wildman–Crippen LogP) is 1.78. The summed E-state index contributed by atoms with van der Waals surface area (Å²) in [7, 11) is 0. The number of hydrogen-bond acceptors (Lipinski definition) is 4. The molecular weight excluding hydrogens is 328 g/mol. The first kappa shape index (κ1) is 17.2. The van der Waals surface area contributed by atoms with Crippen LogP contribution in [-0.4, -0.2) is 11.8 Å². The molecule has 2 amide bonds. The van der Waals surface area contributed by atoms with Crippen molar-refractivity contribution in [3.8, 4) is 12.1 Å². The van der Waals surface area contributed by atoms with E-state index in [0.29, 0.717) is 11.1 Å². The van der Waals surface area contributed by atoms with Crippen molar-refractivity contribution in [1.29, 1.82) is 10.5 Å². The quantitative estimate of drug-likeness (QED) is 0.881. The minimum Gasteiger partial charge on any atom is -0.368 e. The number of nitrogens with zero attached hydrogens (tertiary/aromatic N) is 2.